The monoisotopic (exact) mass is 1620 g/mol. The third-order valence-electron chi connectivity index (χ3n) is 17.1. The molecule has 0 unspecified atom stereocenters. The molecule has 0 atom stereocenters. The number of nitrogens with zero attached hydrogens (tertiary/aromatic N) is 3. The SMILES string of the molecule is C=NCC.CCC#N.CCOC(=O)/C(=C/C=C(c1ccccc1)c1ccccc1)C(=O)OCCOC(=O)/C(=C\C=C(c1ccccc1)c1ccccc1)C(=O)OCC.CCOC(=O)/C(C#N)=C/C=C(c1ccccc1)c1ccccc1.O=C(CCC=C(c1ccccc1)c1ccccc1)OCCOC(=O)CCC=C(c1ccccc1)c1ccccc1. The minimum Gasteiger partial charge on any atom is -0.462 e. The lowest BCUT2D eigenvalue weighted by atomic mass is 9.96. The molecule has 616 valence electrons. The van der Waals surface area contributed by atoms with Crippen LogP contribution in [0.15, 0.2) is 374 Å². The summed E-state index contributed by atoms with van der Waals surface area (Å²) in [6, 6.07) is 102. The van der Waals surface area contributed by atoms with E-state index in [1.807, 2.05) is 281 Å². The summed E-state index contributed by atoms with van der Waals surface area (Å²) in [4.78, 5) is 91.5. The van der Waals surface area contributed by atoms with Crippen LogP contribution in [0.5, 0.6) is 0 Å². The Morgan fingerprint density at radius 1 is 0.298 bits per heavy atom. The van der Waals surface area contributed by atoms with Gasteiger partial charge in [-0.05, 0) is 149 Å². The Bertz CT molecular complexity index is 4730. The third kappa shape index (κ3) is 34.8. The number of ether oxygens (including phenoxy) is 7. The topological polar surface area (TPSA) is 244 Å². The zero-order valence-corrected chi connectivity index (χ0v) is 68.9. The van der Waals surface area contributed by atoms with Gasteiger partial charge in [0.15, 0.2) is 0 Å². The van der Waals surface area contributed by atoms with Crippen molar-refractivity contribution in [2.24, 2.45) is 4.99 Å². The van der Waals surface area contributed by atoms with Crippen LogP contribution < -0.4 is 0 Å². The highest BCUT2D eigenvalue weighted by Crippen LogP contribution is 2.30. The summed E-state index contributed by atoms with van der Waals surface area (Å²) in [5.74, 6) is -4.88. The highest BCUT2D eigenvalue weighted by Gasteiger charge is 2.24. The third-order valence-corrected chi connectivity index (χ3v) is 17.1. The summed E-state index contributed by atoms with van der Waals surface area (Å²) in [5, 5.41) is 16.8. The highest BCUT2D eigenvalue weighted by atomic mass is 16.6. The first-order valence-electron chi connectivity index (χ1n) is 39.8. The number of aliphatic imine (C=N–C) groups is 1. The van der Waals surface area contributed by atoms with Gasteiger partial charge in [0.05, 0.1) is 25.9 Å². The van der Waals surface area contributed by atoms with Crippen molar-refractivity contribution in [3.8, 4) is 12.1 Å². The van der Waals surface area contributed by atoms with Gasteiger partial charge in [0, 0.05) is 25.8 Å². The summed E-state index contributed by atoms with van der Waals surface area (Å²) < 4.78 is 36.3. The van der Waals surface area contributed by atoms with Crippen LogP contribution in [0.1, 0.15) is 122 Å². The van der Waals surface area contributed by atoms with E-state index in [1.165, 1.54) is 18.2 Å². The van der Waals surface area contributed by atoms with Gasteiger partial charge < -0.3 is 38.2 Å². The Hall–Kier alpha value is -14.9. The average Bonchev–Trinajstić information content (AvgIpc) is 0.837. The van der Waals surface area contributed by atoms with Crippen LogP contribution in [-0.4, -0.2) is 101 Å². The average molecular weight is 1620 g/mol. The summed E-state index contributed by atoms with van der Waals surface area (Å²) in [5.41, 5.74) is 13.9. The first kappa shape index (κ1) is 94.9. The number of hydrogen-bond donors (Lipinski definition) is 0. The predicted molar refractivity (Wildman–Crippen MR) is 478 cm³/mol. The van der Waals surface area contributed by atoms with E-state index >= 15 is 0 Å². The van der Waals surface area contributed by atoms with E-state index in [0.717, 1.165) is 90.0 Å². The fourth-order valence-electron chi connectivity index (χ4n) is 11.3. The molecular formula is C104H101N3O14. The van der Waals surface area contributed by atoms with Crippen molar-refractivity contribution in [1.29, 1.82) is 10.5 Å². The molecule has 0 aromatic heterocycles. The van der Waals surface area contributed by atoms with Gasteiger partial charge >= 0.3 is 41.8 Å². The van der Waals surface area contributed by atoms with Crippen molar-refractivity contribution in [2.45, 2.75) is 66.7 Å². The molecule has 0 amide bonds. The zero-order chi connectivity index (χ0) is 86.7. The van der Waals surface area contributed by atoms with Gasteiger partial charge in [-0.1, -0.05) is 341 Å². The molecule has 0 radical (unpaired) electrons. The van der Waals surface area contributed by atoms with Crippen LogP contribution in [0.3, 0.4) is 0 Å². The van der Waals surface area contributed by atoms with Gasteiger partial charge in [-0.15, -0.1) is 0 Å². The largest absolute Gasteiger partial charge is 0.462 e. The van der Waals surface area contributed by atoms with E-state index in [4.69, 9.17) is 43.7 Å². The Morgan fingerprint density at radius 3 is 0.719 bits per heavy atom. The molecular weight excluding hydrogens is 1520 g/mol. The van der Waals surface area contributed by atoms with Crippen molar-refractivity contribution < 1.29 is 66.7 Å². The fraction of sp³-hybridized carbons (Fsp3) is 0.173. The van der Waals surface area contributed by atoms with Crippen molar-refractivity contribution >= 4 is 76.4 Å². The van der Waals surface area contributed by atoms with E-state index in [0.29, 0.717) is 19.3 Å². The molecule has 121 heavy (non-hydrogen) atoms. The molecule has 17 nitrogen and oxygen atoms in total. The molecule has 0 bridgehead atoms. The first-order valence-corrected chi connectivity index (χ1v) is 39.8. The molecule has 0 spiro atoms. The number of allylic oxidation sites excluding steroid dienone is 8. The number of nitriles is 2. The number of benzene rings is 10. The number of esters is 7. The second-order valence-electron chi connectivity index (χ2n) is 25.5. The number of hydrogen-bond acceptors (Lipinski definition) is 17. The van der Waals surface area contributed by atoms with Crippen LogP contribution in [0.2, 0.25) is 0 Å². The Balaban J connectivity index is 0.000000283. The van der Waals surface area contributed by atoms with Crippen LogP contribution in [0.4, 0.5) is 0 Å². The summed E-state index contributed by atoms with van der Waals surface area (Å²) in [6.45, 7) is 12.4. The van der Waals surface area contributed by atoms with Crippen LogP contribution in [0.25, 0.3) is 27.9 Å². The predicted octanol–water partition coefficient (Wildman–Crippen LogP) is 21.0. The van der Waals surface area contributed by atoms with Crippen molar-refractivity contribution in [3.05, 3.63) is 424 Å². The molecule has 0 aliphatic rings. The minimum absolute atomic E-state index is 0.0174. The smallest absolute Gasteiger partial charge is 0.348 e. The van der Waals surface area contributed by atoms with Crippen molar-refractivity contribution in [2.75, 3.05) is 52.8 Å². The fourth-order valence-corrected chi connectivity index (χ4v) is 11.3. The molecule has 0 aliphatic heterocycles. The lowest BCUT2D eigenvalue weighted by Gasteiger charge is -2.11. The Labute approximate surface area is 710 Å². The number of carbonyl (C=O) groups excluding carboxylic acids is 7. The van der Waals surface area contributed by atoms with Gasteiger partial charge in [-0.2, -0.15) is 10.5 Å². The molecule has 0 N–H and O–H groups in total. The zero-order valence-electron chi connectivity index (χ0n) is 68.9. The second-order valence-corrected chi connectivity index (χ2v) is 25.5. The minimum atomic E-state index is -0.962. The molecule has 0 saturated carbocycles. The lowest BCUT2D eigenvalue weighted by Crippen LogP contribution is -2.22. The maximum Gasteiger partial charge on any atom is 0.348 e. The Kier molecular flexibility index (Phi) is 44.8. The summed E-state index contributed by atoms with van der Waals surface area (Å²) >= 11 is 0. The second kappa shape index (κ2) is 57.2. The maximum atomic E-state index is 13.1. The molecule has 0 heterocycles. The number of rotatable bonds is 34. The van der Waals surface area contributed by atoms with Gasteiger partial charge in [-0.3, -0.25) is 9.59 Å². The van der Waals surface area contributed by atoms with Crippen molar-refractivity contribution in [3.63, 3.8) is 0 Å². The van der Waals surface area contributed by atoms with E-state index < -0.39 is 29.8 Å². The van der Waals surface area contributed by atoms with E-state index in [-0.39, 0.29) is 87.7 Å². The highest BCUT2D eigenvalue weighted by molar-refractivity contribution is 6.15. The molecule has 17 heteroatoms. The normalized spacial score (nSPS) is 10.4. The van der Waals surface area contributed by atoms with Crippen LogP contribution in [0, 0.1) is 22.7 Å². The summed E-state index contributed by atoms with van der Waals surface area (Å²) in [6.07, 6.45) is 15.7. The molecule has 0 saturated heterocycles. The number of carbonyl (C=O) groups is 7. The first-order chi connectivity index (χ1) is 59.2. The lowest BCUT2D eigenvalue weighted by molar-refractivity contribution is -0.153. The van der Waals surface area contributed by atoms with E-state index in [9.17, 15) is 33.6 Å². The maximum absolute atomic E-state index is 13.1. The molecule has 10 aromatic carbocycles. The van der Waals surface area contributed by atoms with Gasteiger partial charge in [0.1, 0.15) is 49.2 Å². The standard InChI is InChI=1S/C42H38O8.C36H34O4.C20H17NO2.C3H7N.C3H5N/c1-3-47-39(43)37(27-25-35(31-17-9-5-10-18-31)32-19-11-6-12-20-32)41(45)49-29-30-50-42(46)38(40(44)48-4-2)28-26-36(33-21-13-7-14-22-33)34-23-15-8-16-24-34;37-35(25-13-23-33(29-15-5-1-6-16-29)30-17-7-2-8-18-30)39-27-28-40-36(38)26-14-24-34(31-19-9-3-10-20-31)32-21-11-4-12-22-32;1-2-23-20(22)18(15-21)13-14-19(16-9-5-3-6-10-16)17-11-7-4-8-12-17;1-3-4-2;1-2-3-4/h5-28H,3-4,29-30H2,1-2H3;1-12,15-24H,13-14,25-28H2;3-14H,2H2,1H3;2-3H2,1H3;2H2,1H3/b37-27-,38-28-;;18-13+;;. The van der Waals surface area contributed by atoms with Gasteiger partial charge in [0.2, 0.25) is 0 Å². The van der Waals surface area contributed by atoms with Gasteiger partial charge in [0.25, 0.3) is 0 Å². The molecule has 10 rings (SSSR count). The molecule has 0 fully saturated rings. The van der Waals surface area contributed by atoms with Gasteiger partial charge in [-0.25, -0.2) is 24.0 Å². The van der Waals surface area contributed by atoms with Crippen molar-refractivity contribution in [1.82, 2.24) is 0 Å². The Morgan fingerprint density at radius 2 is 0.504 bits per heavy atom. The van der Waals surface area contributed by atoms with E-state index in [2.05, 4.69) is 72.4 Å². The molecule has 0 aliphatic carbocycles. The van der Waals surface area contributed by atoms with E-state index in [1.54, 1.807) is 39.0 Å². The quantitative estimate of drug-likeness (QED) is 0.00419. The molecule has 10 aromatic rings. The summed E-state index contributed by atoms with van der Waals surface area (Å²) in [7, 11) is 0. The van der Waals surface area contributed by atoms with Crippen LogP contribution >= 0.6 is 0 Å². The van der Waals surface area contributed by atoms with Crippen LogP contribution in [-0.2, 0) is 66.7 Å².